The Hall–Kier alpha value is -1.26. The van der Waals surface area contributed by atoms with Gasteiger partial charge in [0.1, 0.15) is 0 Å². The van der Waals surface area contributed by atoms with Crippen LogP contribution in [0, 0.1) is 18.8 Å². The summed E-state index contributed by atoms with van der Waals surface area (Å²) in [5.74, 6) is 1.40. The number of benzene rings is 1. The van der Waals surface area contributed by atoms with Crippen LogP contribution in [-0.2, 0) is 11.3 Å². The normalized spacial score (nSPS) is 24.6. The Morgan fingerprint density at radius 3 is 2.50 bits per heavy atom. The molecule has 0 atom stereocenters. The van der Waals surface area contributed by atoms with Crippen molar-refractivity contribution in [2.75, 3.05) is 38.5 Å². The molecule has 2 fully saturated rings. The second-order valence-corrected chi connectivity index (χ2v) is 7.80. The minimum absolute atomic E-state index is 0.292. The quantitative estimate of drug-likeness (QED) is 0.905. The highest BCUT2D eigenvalue weighted by Crippen LogP contribution is 2.34. The summed E-state index contributed by atoms with van der Waals surface area (Å²) in [4.78, 5) is 16.9. The van der Waals surface area contributed by atoms with Gasteiger partial charge in [-0.1, -0.05) is 18.5 Å². The lowest BCUT2D eigenvalue weighted by molar-refractivity contribution is -0.141. The Morgan fingerprint density at radius 2 is 1.92 bits per heavy atom. The molecule has 4 nitrogen and oxygen atoms in total. The van der Waals surface area contributed by atoms with Crippen LogP contribution in [0.2, 0.25) is 5.02 Å². The molecule has 3 rings (SSSR count). The first-order valence-corrected chi connectivity index (χ1v) is 9.33. The van der Waals surface area contributed by atoms with Crippen LogP contribution in [0.4, 0.5) is 5.69 Å². The van der Waals surface area contributed by atoms with Crippen LogP contribution in [0.3, 0.4) is 0 Å². The molecule has 1 aliphatic heterocycles. The van der Waals surface area contributed by atoms with E-state index in [1.165, 1.54) is 11.1 Å². The first-order chi connectivity index (χ1) is 11.5. The molecule has 0 aromatic heterocycles. The fourth-order valence-corrected chi connectivity index (χ4v) is 4.13. The Kier molecular flexibility index (Phi) is 5.36. The molecule has 1 saturated carbocycles. The number of nitrogens with zero attached hydrogens (tertiary/aromatic N) is 2. The zero-order chi connectivity index (χ0) is 17.3. The Morgan fingerprint density at radius 1 is 1.25 bits per heavy atom. The maximum Gasteiger partial charge on any atom is 0.225 e. The van der Waals surface area contributed by atoms with Gasteiger partial charge in [-0.2, -0.15) is 0 Å². The first kappa shape index (κ1) is 17.6. The molecule has 0 radical (unpaired) electrons. The van der Waals surface area contributed by atoms with E-state index in [4.69, 9.17) is 11.6 Å². The van der Waals surface area contributed by atoms with Crippen molar-refractivity contribution in [3.63, 3.8) is 0 Å². The Balaban J connectivity index is 1.56. The van der Waals surface area contributed by atoms with Crippen molar-refractivity contribution in [3.8, 4) is 0 Å². The van der Waals surface area contributed by atoms with Crippen molar-refractivity contribution in [3.05, 3.63) is 28.3 Å². The van der Waals surface area contributed by atoms with E-state index in [1.807, 2.05) is 13.1 Å². The fourth-order valence-electron chi connectivity index (χ4n) is 3.89. The number of carbonyl (C=O) groups excluding carboxylic acids is 1. The second-order valence-electron chi connectivity index (χ2n) is 7.36. The molecule has 5 heteroatoms. The summed E-state index contributed by atoms with van der Waals surface area (Å²) in [5.41, 5.74) is 3.61. The molecule has 0 spiro atoms. The number of nitrogens with one attached hydrogen (secondary N) is 1. The third-order valence-corrected chi connectivity index (χ3v) is 5.77. The van der Waals surface area contributed by atoms with E-state index >= 15 is 0 Å². The predicted octanol–water partition coefficient (Wildman–Crippen LogP) is 3.38. The van der Waals surface area contributed by atoms with Crippen molar-refractivity contribution in [1.82, 2.24) is 9.80 Å². The average Bonchev–Trinajstić information content (AvgIpc) is 2.55. The molecule has 1 N–H and O–H groups in total. The van der Waals surface area contributed by atoms with Gasteiger partial charge in [0.15, 0.2) is 0 Å². The summed E-state index contributed by atoms with van der Waals surface area (Å²) in [6, 6.07) is 4.03. The monoisotopic (exact) mass is 349 g/mol. The molecular weight excluding hydrogens is 322 g/mol. The molecule has 2 aliphatic rings. The van der Waals surface area contributed by atoms with Crippen molar-refractivity contribution in [2.45, 2.75) is 33.2 Å². The summed E-state index contributed by atoms with van der Waals surface area (Å²) in [5, 5.41) is 3.98. The smallest absolute Gasteiger partial charge is 0.225 e. The van der Waals surface area contributed by atoms with E-state index in [0.717, 1.165) is 62.2 Å². The van der Waals surface area contributed by atoms with Crippen molar-refractivity contribution < 1.29 is 4.79 Å². The lowest BCUT2D eigenvalue weighted by Crippen LogP contribution is -2.51. The van der Waals surface area contributed by atoms with Gasteiger partial charge < -0.3 is 10.2 Å². The molecule has 0 unspecified atom stereocenters. The average molecular weight is 350 g/mol. The van der Waals surface area contributed by atoms with Gasteiger partial charge in [0.25, 0.3) is 0 Å². The van der Waals surface area contributed by atoms with Gasteiger partial charge in [0, 0.05) is 56.4 Å². The van der Waals surface area contributed by atoms with E-state index in [0.29, 0.717) is 11.8 Å². The van der Waals surface area contributed by atoms with Crippen molar-refractivity contribution in [2.24, 2.45) is 11.8 Å². The standard InChI is InChI=1S/C19H28ClN3O/c1-13-8-15(9-13)19(24)23-6-4-22(5-7-23)12-16-10-17(20)11-18(21-3)14(16)2/h10-11,13,15,21H,4-9,12H2,1-3H3. The van der Waals surface area contributed by atoms with Gasteiger partial charge in [0.2, 0.25) is 5.91 Å². The number of rotatable bonds is 4. The van der Waals surface area contributed by atoms with Crippen LogP contribution in [-0.4, -0.2) is 48.9 Å². The van der Waals surface area contributed by atoms with Crippen LogP contribution < -0.4 is 5.32 Å². The van der Waals surface area contributed by atoms with Crippen LogP contribution >= 0.6 is 11.6 Å². The topological polar surface area (TPSA) is 35.6 Å². The number of hydrogen-bond acceptors (Lipinski definition) is 3. The minimum Gasteiger partial charge on any atom is -0.388 e. The maximum atomic E-state index is 12.5. The number of anilines is 1. The van der Waals surface area contributed by atoms with Crippen LogP contribution in [0.15, 0.2) is 12.1 Å². The van der Waals surface area contributed by atoms with Crippen LogP contribution in [0.1, 0.15) is 30.9 Å². The van der Waals surface area contributed by atoms with E-state index in [9.17, 15) is 4.79 Å². The zero-order valence-corrected chi connectivity index (χ0v) is 15.7. The number of amides is 1. The van der Waals surface area contributed by atoms with Gasteiger partial charge in [-0.25, -0.2) is 0 Å². The minimum atomic E-state index is 0.292. The molecule has 0 bridgehead atoms. The highest BCUT2D eigenvalue weighted by Gasteiger charge is 2.35. The molecule has 1 heterocycles. The summed E-state index contributed by atoms with van der Waals surface area (Å²) < 4.78 is 0. The van der Waals surface area contributed by atoms with E-state index < -0.39 is 0 Å². The fraction of sp³-hybridized carbons (Fsp3) is 0.632. The highest BCUT2D eigenvalue weighted by atomic mass is 35.5. The third kappa shape index (κ3) is 3.70. The maximum absolute atomic E-state index is 12.5. The number of carbonyl (C=O) groups is 1. The zero-order valence-electron chi connectivity index (χ0n) is 14.9. The molecule has 1 amide bonds. The molecule has 1 aromatic carbocycles. The van der Waals surface area contributed by atoms with Crippen LogP contribution in [0.25, 0.3) is 0 Å². The van der Waals surface area contributed by atoms with Gasteiger partial charge >= 0.3 is 0 Å². The van der Waals surface area contributed by atoms with Gasteiger partial charge in [-0.05, 0) is 48.9 Å². The van der Waals surface area contributed by atoms with Gasteiger partial charge in [0.05, 0.1) is 0 Å². The molecular formula is C19H28ClN3O. The lowest BCUT2D eigenvalue weighted by atomic mass is 9.75. The van der Waals surface area contributed by atoms with Gasteiger partial charge in [-0.15, -0.1) is 0 Å². The summed E-state index contributed by atoms with van der Waals surface area (Å²) in [6.07, 6.45) is 2.15. The van der Waals surface area contributed by atoms with E-state index in [-0.39, 0.29) is 0 Å². The lowest BCUT2D eigenvalue weighted by Gasteiger charge is -2.40. The molecule has 132 valence electrons. The summed E-state index contributed by atoms with van der Waals surface area (Å²) in [7, 11) is 1.92. The largest absolute Gasteiger partial charge is 0.388 e. The predicted molar refractivity (Wildman–Crippen MR) is 99.5 cm³/mol. The Labute approximate surface area is 150 Å². The highest BCUT2D eigenvalue weighted by molar-refractivity contribution is 6.31. The van der Waals surface area contributed by atoms with E-state index in [2.05, 4.69) is 35.0 Å². The summed E-state index contributed by atoms with van der Waals surface area (Å²) in [6.45, 7) is 8.83. The van der Waals surface area contributed by atoms with Crippen molar-refractivity contribution in [1.29, 1.82) is 0 Å². The Bertz CT molecular complexity index is 605. The second kappa shape index (κ2) is 7.32. The third-order valence-electron chi connectivity index (χ3n) is 5.55. The van der Waals surface area contributed by atoms with Crippen LogP contribution in [0.5, 0.6) is 0 Å². The van der Waals surface area contributed by atoms with Gasteiger partial charge in [-0.3, -0.25) is 9.69 Å². The summed E-state index contributed by atoms with van der Waals surface area (Å²) >= 11 is 6.24. The number of hydrogen-bond donors (Lipinski definition) is 1. The number of piperazine rings is 1. The molecule has 1 aromatic rings. The molecule has 1 saturated heterocycles. The molecule has 1 aliphatic carbocycles. The number of halogens is 1. The first-order valence-electron chi connectivity index (χ1n) is 8.96. The van der Waals surface area contributed by atoms with E-state index in [1.54, 1.807) is 0 Å². The molecule has 24 heavy (non-hydrogen) atoms. The SMILES string of the molecule is CNc1cc(Cl)cc(CN2CCN(C(=O)C3CC(C)C3)CC2)c1C. The van der Waals surface area contributed by atoms with Crippen molar-refractivity contribution >= 4 is 23.2 Å².